The number of carbonyl (C=O) groups excluding carboxylic acids is 1. The number of amides is 1. The molecule has 1 aliphatic heterocycles. The second kappa shape index (κ2) is 7.22. The predicted molar refractivity (Wildman–Crippen MR) is 94.3 cm³/mol. The van der Waals surface area contributed by atoms with Crippen molar-refractivity contribution in [3.63, 3.8) is 0 Å². The van der Waals surface area contributed by atoms with E-state index < -0.39 is 5.41 Å². The van der Waals surface area contributed by atoms with Gasteiger partial charge in [0.2, 0.25) is 5.91 Å². The molecule has 0 aromatic heterocycles. The smallest absolute Gasteiger partial charge is 0.230 e. The molecule has 1 aromatic rings. The lowest BCUT2D eigenvalue weighted by Crippen LogP contribution is -2.41. The van der Waals surface area contributed by atoms with E-state index in [0.29, 0.717) is 12.1 Å². The third-order valence-electron chi connectivity index (χ3n) is 5.46. The maximum atomic E-state index is 14.0. The highest BCUT2D eigenvalue weighted by Gasteiger charge is 2.52. The van der Waals surface area contributed by atoms with Gasteiger partial charge in [0.1, 0.15) is 5.82 Å². The first-order valence-electron chi connectivity index (χ1n) is 9.27. The zero-order valence-corrected chi connectivity index (χ0v) is 14.9. The molecule has 0 unspecified atom stereocenters. The van der Waals surface area contributed by atoms with E-state index in [0.717, 1.165) is 50.7 Å². The van der Waals surface area contributed by atoms with Crippen molar-refractivity contribution in [1.29, 1.82) is 0 Å². The predicted octanol–water partition coefficient (Wildman–Crippen LogP) is 3.34. The number of benzene rings is 1. The van der Waals surface area contributed by atoms with Crippen molar-refractivity contribution in [1.82, 2.24) is 10.2 Å². The van der Waals surface area contributed by atoms with Crippen molar-refractivity contribution in [3.05, 3.63) is 35.6 Å². The molecule has 1 amide bonds. The maximum absolute atomic E-state index is 14.0. The standard InChI is InChI=1S/C20H29FN2O/c1-15-12-16(2)14-23(13-15)11-5-10-22-19(24)20(8-9-20)17-6-3-4-7-18(17)21/h3-4,6-7,15-16H,5,8-14H2,1-2H3,(H,22,24)/t15-,16+. The Balaban J connectivity index is 1.46. The first-order valence-corrected chi connectivity index (χ1v) is 9.27. The number of likely N-dealkylation sites (tertiary alicyclic amines) is 1. The summed E-state index contributed by atoms with van der Waals surface area (Å²) >= 11 is 0. The third-order valence-corrected chi connectivity index (χ3v) is 5.46. The summed E-state index contributed by atoms with van der Waals surface area (Å²) in [5.74, 6) is 1.26. The molecule has 1 aromatic carbocycles. The minimum absolute atomic E-state index is 0.00650. The minimum Gasteiger partial charge on any atom is -0.355 e. The van der Waals surface area contributed by atoms with E-state index in [-0.39, 0.29) is 11.7 Å². The first kappa shape index (κ1) is 17.4. The summed E-state index contributed by atoms with van der Waals surface area (Å²) in [5.41, 5.74) is -0.0550. The molecular formula is C20H29FN2O. The third kappa shape index (κ3) is 3.80. The molecule has 24 heavy (non-hydrogen) atoms. The molecule has 1 heterocycles. The molecule has 2 fully saturated rings. The second-order valence-electron chi connectivity index (χ2n) is 7.88. The molecule has 1 saturated heterocycles. The zero-order chi connectivity index (χ0) is 17.2. The van der Waals surface area contributed by atoms with E-state index in [2.05, 4.69) is 24.1 Å². The van der Waals surface area contributed by atoms with Crippen molar-refractivity contribution in [3.8, 4) is 0 Å². The van der Waals surface area contributed by atoms with Crippen molar-refractivity contribution in [2.75, 3.05) is 26.2 Å². The number of nitrogens with one attached hydrogen (secondary N) is 1. The Hall–Kier alpha value is -1.42. The monoisotopic (exact) mass is 332 g/mol. The van der Waals surface area contributed by atoms with Crippen LogP contribution in [0.2, 0.25) is 0 Å². The van der Waals surface area contributed by atoms with Gasteiger partial charge in [-0.3, -0.25) is 4.79 Å². The summed E-state index contributed by atoms with van der Waals surface area (Å²) < 4.78 is 14.0. The molecule has 0 spiro atoms. The van der Waals surface area contributed by atoms with Crippen LogP contribution >= 0.6 is 0 Å². The summed E-state index contributed by atoms with van der Waals surface area (Å²) in [5, 5.41) is 3.04. The highest BCUT2D eigenvalue weighted by Crippen LogP contribution is 2.49. The molecule has 3 rings (SSSR count). The van der Waals surface area contributed by atoms with Gasteiger partial charge < -0.3 is 10.2 Å². The number of rotatable bonds is 6. The SMILES string of the molecule is C[C@@H]1C[C@H](C)CN(CCCNC(=O)C2(c3ccccc3F)CC2)C1. The Morgan fingerprint density at radius 3 is 2.54 bits per heavy atom. The Morgan fingerprint density at radius 1 is 1.25 bits per heavy atom. The van der Waals surface area contributed by atoms with Crippen LogP contribution in [0.25, 0.3) is 0 Å². The van der Waals surface area contributed by atoms with Crippen molar-refractivity contribution >= 4 is 5.91 Å². The second-order valence-corrected chi connectivity index (χ2v) is 7.88. The van der Waals surface area contributed by atoms with E-state index in [9.17, 15) is 9.18 Å². The van der Waals surface area contributed by atoms with Crippen molar-refractivity contribution in [2.45, 2.75) is 44.9 Å². The minimum atomic E-state index is -0.612. The van der Waals surface area contributed by atoms with Crippen LogP contribution < -0.4 is 5.32 Å². The normalized spacial score (nSPS) is 26.1. The van der Waals surface area contributed by atoms with E-state index in [1.54, 1.807) is 12.1 Å². The fourth-order valence-corrected chi connectivity index (χ4v) is 4.24. The van der Waals surface area contributed by atoms with Gasteiger partial charge in [0.25, 0.3) is 0 Å². The van der Waals surface area contributed by atoms with Gasteiger partial charge in [-0.1, -0.05) is 32.0 Å². The molecule has 0 bridgehead atoms. The van der Waals surface area contributed by atoms with Crippen LogP contribution in [0.4, 0.5) is 4.39 Å². The quantitative estimate of drug-likeness (QED) is 0.810. The molecule has 2 aliphatic rings. The average Bonchev–Trinajstić information content (AvgIpc) is 3.32. The number of piperidine rings is 1. The number of hydrogen-bond acceptors (Lipinski definition) is 2. The molecule has 0 radical (unpaired) electrons. The highest BCUT2D eigenvalue weighted by atomic mass is 19.1. The van der Waals surface area contributed by atoms with Gasteiger partial charge in [-0.05, 0) is 50.1 Å². The van der Waals surface area contributed by atoms with Gasteiger partial charge in [0, 0.05) is 25.2 Å². The van der Waals surface area contributed by atoms with Crippen LogP contribution in [0.3, 0.4) is 0 Å². The summed E-state index contributed by atoms with van der Waals surface area (Å²) in [6.07, 6.45) is 3.78. The van der Waals surface area contributed by atoms with Gasteiger partial charge in [-0.25, -0.2) is 4.39 Å². The molecule has 4 heteroatoms. The topological polar surface area (TPSA) is 32.3 Å². The van der Waals surface area contributed by atoms with Crippen LogP contribution in [-0.2, 0) is 10.2 Å². The van der Waals surface area contributed by atoms with Crippen molar-refractivity contribution < 1.29 is 9.18 Å². The van der Waals surface area contributed by atoms with Crippen LogP contribution in [0.1, 0.15) is 45.1 Å². The lowest BCUT2D eigenvalue weighted by Gasteiger charge is -2.35. The van der Waals surface area contributed by atoms with Gasteiger partial charge >= 0.3 is 0 Å². The summed E-state index contributed by atoms with van der Waals surface area (Å²) in [6, 6.07) is 6.68. The number of halogens is 1. The Kier molecular flexibility index (Phi) is 5.24. The molecular weight excluding hydrogens is 303 g/mol. The van der Waals surface area contributed by atoms with Gasteiger partial charge in [-0.15, -0.1) is 0 Å². The van der Waals surface area contributed by atoms with Gasteiger partial charge in [-0.2, -0.15) is 0 Å². The van der Waals surface area contributed by atoms with Crippen LogP contribution in [0.5, 0.6) is 0 Å². The Labute approximate surface area is 144 Å². The molecule has 3 nitrogen and oxygen atoms in total. The van der Waals surface area contributed by atoms with Gasteiger partial charge in [0.15, 0.2) is 0 Å². The summed E-state index contributed by atoms with van der Waals surface area (Å²) in [7, 11) is 0. The van der Waals surface area contributed by atoms with Gasteiger partial charge in [0.05, 0.1) is 5.41 Å². The first-order chi connectivity index (χ1) is 11.5. The fraction of sp³-hybridized carbons (Fsp3) is 0.650. The maximum Gasteiger partial charge on any atom is 0.230 e. The van der Waals surface area contributed by atoms with E-state index >= 15 is 0 Å². The van der Waals surface area contributed by atoms with Crippen molar-refractivity contribution in [2.24, 2.45) is 11.8 Å². The number of carbonyl (C=O) groups is 1. The van der Waals surface area contributed by atoms with Crippen LogP contribution in [-0.4, -0.2) is 37.0 Å². The van der Waals surface area contributed by atoms with E-state index in [1.807, 2.05) is 6.07 Å². The average molecular weight is 332 g/mol. The number of hydrogen-bond donors (Lipinski definition) is 1. The molecule has 132 valence electrons. The lowest BCUT2D eigenvalue weighted by atomic mass is 9.92. The Morgan fingerprint density at radius 2 is 1.92 bits per heavy atom. The highest BCUT2D eigenvalue weighted by molar-refractivity contribution is 5.91. The van der Waals surface area contributed by atoms with E-state index in [1.165, 1.54) is 12.5 Å². The van der Waals surface area contributed by atoms with Crippen LogP contribution in [0.15, 0.2) is 24.3 Å². The number of nitrogens with zero attached hydrogens (tertiary/aromatic N) is 1. The zero-order valence-electron chi connectivity index (χ0n) is 14.9. The molecule has 1 aliphatic carbocycles. The fourth-order valence-electron chi connectivity index (χ4n) is 4.24. The summed E-state index contributed by atoms with van der Waals surface area (Å²) in [4.78, 5) is 15.1. The Bertz CT molecular complexity index is 575. The lowest BCUT2D eigenvalue weighted by molar-refractivity contribution is -0.123. The summed E-state index contributed by atoms with van der Waals surface area (Å²) in [6.45, 7) is 8.66. The van der Waals surface area contributed by atoms with Crippen LogP contribution in [0, 0.1) is 17.7 Å². The largest absolute Gasteiger partial charge is 0.355 e. The molecule has 1 N–H and O–H groups in total. The molecule has 2 atom stereocenters. The molecule has 1 saturated carbocycles. The van der Waals surface area contributed by atoms with E-state index in [4.69, 9.17) is 0 Å².